The average Bonchev–Trinajstić information content (AvgIpc) is 3.60. The molecule has 7 nitrogen and oxygen atoms in total. The van der Waals surface area contributed by atoms with Gasteiger partial charge in [0.25, 0.3) is 5.91 Å². The first-order valence-corrected chi connectivity index (χ1v) is 13.4. The van der Waals surface area contributed by atoms with Crippen LogP contribution in [0.5, 0.6) is 0 Å². The summed E-state index contributed by atoms with van der Waals surface area (Å²) in [4.78, 5) is 35.4. The van der Waals surface area contributed by atoms with Gasteiger partial charge in [0.15, 0.2) is 5.82 Å². The van der Waals surface area contributed by atoms with E-state index < -0.39 is 0 Å². The van der Waals surface area contributed by atoms with Gasteiger partial charge < -0.3 is 14.7 Å². The number of benzene rings is 1. The van der Waals surface area contributed by atoms with Crippen molar-refractivity contribution < 1.29 is 14.1 Å². The van der Waals surface area contributed by atoms with Crippen molar-refractivity contribution in [3.8, 4) is 0 Å². The second-order valence-electron chi connectivity index (χ2n) is 9.67. The van der Waals surface area contributed by atoms with E-state index in [1.54, 1.807) is 0 Å². The maximum atomic E-state index is 13.6. The highest BCUT2D eigenvalue weighted by Gasteiger charge is 2.45. The minimum absolute atomic E-state index is 0.0288. The third-order valence-corrected chi connectivity index (χ3v) is 8.13. The van der Waals surface area contributed by atoms with Crippen LogP contribution in [0.25, 0.3) is 0 Å². The third kappa shape index (κ3) is 5.48. The number of carbonyl (C=O) groups excluding carboxylic acids is 2. The SMILES string of the molecule is Cc1ccc(C(=O)N2CCCCCCNC(=O)[C@@H]3C[C@@H](c4nc(Cc5ccccc5)no4)C[C@@H]32)s1. The lowest BCUT2D eigenvalue weighted by atomic mass is 10.00. The number of amides is 2. The van der Waals surface area contributed by atoms with Crippen LogP contribution in [0.15, 0.2) is 47.0 Å². The summed E-state index contributed by atoms with van der Waals surface area (Å²) < 4.78 is 5.68. The second-order valence-corrected chi connectivity index (χ2v) is 11.0. The molecule has 0 spiro atoms. The molecular weight excluding hydrogens is 460 g/mol. The van der Waals surface area contributed by atoms with Gasteiger partial charge in [-0.1, -0.05) is 48.3 Å². The van der Waals surface area contributed by atoms with Crippen molar-refractivity contribution in [1.29, 1.82) is 0 Å². The van der Waals surface area contributed by atoms with Gasteiger partial charge in [-0.3, -0.25) is 9.59 Å². The zero-order chi connectivity index (χ0) is 24.2. The quantitative estimate of drug-likeness (QED) is 0.569. The summed E-state index contributed by atoms with van der Waals surface area (Å²) in [5.74, 6) is 0.947. The van der Waals surface area contributed by atoms with Crippen LogP contribution < -0.4 is 5.32 Å². The standard InChI is InChI=1S/C27H32N4O3S/c1-18-11-12-23(35-18)27(33)31-14-8-3-2-7-13-28-25(32)21-16-20(17-22(21)31)26-29-24(30-34-26)15-19-9-5-4-6-10-19/h4-6,9-12,20-22H,2-3,7-8,13-17H2,1H3,(H,28,32)/t20-,21-,22+/m1/s1. The average molecular weight is 493 g/mol. The lowest BCUT2D eigenvalue weighted by molar-refractivity contribution is -0.126. The summed E-state index contributed by atoms with van der Waals surface area (Å²) in [5.41, 5.74) is 1.12. The van der Waals surface area contributed by atoms with E-state index in [4.69, 9.17) is 4.52 Å². The Labute approximate surface area is 209 Å². The van der Waals surface area contributed by atoms with Crippen molar-refractivity contribution in [2.75, 3.05) is 13.1 Å². The molecule has 1 saturated carbocycles. The number of hydrogen-bond donors (Lipinski definition) is 1. The number of rotatable bonds is 4. The number of nitrogens with zero attached hydrogens (tertiary/aromatic N) is 3. The van der Waals surface area contributed by atoms with E-state index in [0.717, 1.165) is 41.0 Å². The molecule has 1 aliphatic heterocycles. The summed E-state index contributed by atoms with van der Waals surface area (Å²) in [6, 6.07) is 13.8. The van der Waals surface area contributed by atoms with Crippen LogP contribution in [0, 0.1) is 12.8 Å². The molecule has 1 aromatic carbocycles. The normalized spacial score (nSPS) is 23.4. The molecule has 0 bridgehead atoms. The van der Waals surface area contributed by atoms with Crippen molar-refractivity contribution in [2.45, 2.75) is 63.8 Å². The minimum Gasteiger partial charge on any atom is -0.356 e. The molecule has 3 heterocycles. The van der Waals surface area contributed by atoms with Crippen molar-refractivity contribution in [2.24, 2.45) is 5.92 Å². The Morgan fingerprint density at radius 3 is 2.74 bits per heavy atom. The first kappa shape index (κ1) is 23.7. The van der Waals surface area contributed by atoms with E-state index >= 15 is 0 Å². The van der Waals surface area contributed by atoms with Crippen LogP contribution in [0.4, 0.5) is 0 Å². The Balaban J connectivity index is 1.39. The number of fused-ring (bicyclic) bond motifs is 1. The van der Waals surface area contributed by atoms with Gasteiger partial charge in [0.2, 0.25) is 11.8 Å². The van der Waals surface area contributed by atoms with Gasteiger partial charge in [-0.05, 0) is 50.3 Å². The molecule has 8 heteroatoms. The predicted octanol–water partition coefficient (Wildman–Crippen LogP) is 4.73. The van der Waals surface area contributed by atoms with E-state index in [-0.39, 0.29) is 29.7 Å². The molecule has 3 atom stereocenters. The largest absolute Gasteiger partial charge is 0.356 e. The molecule has 2 amide bonds. The first-order chi connectivity index (χ1) is 17.1. The maximum absolute atomic E-state index is 13.6. The maximum Gasteiger partial charge on any atom is 0.264 e. The zero-order valence-corrected chi connectivity index (χ0v) is 20.9. The first-order valence-electron chi connectivity index (χ1n) is 12.6. The molecule has 1 N–H and O–H groups in total. The van der Waals surface area contributed by atoms with Crippen LogP contribution in [0.1, 0.15) is 76.3 Å². The van der Waals surface area contributed by atoms with Crippen molar-refractivity contribution in [3.05, 3.63) is 69.5 Å². The van der Waals surface area contributed by atoms with E-state index in [0.29, 0.717) is 44.1 Å². The van der Waals surface area contributed by atoms with E-state index in [9.17, 15) is 9.59 Å². The fraction of sp³-hybridized carbons (Fsp3) is 0.481. The fourth-order valence-electron chi connectivity index (χ4n) is 5.34. The number of aromatic nitrogens is 2. The van der Waals surface area contributed by atoms with Gasteiger partial charge >= 0.3 is 0 Å². The van der Waals surface area contributed by atoms with Gasteiger partial charge in [-0.25, -0.2) is 0 Å². The number of nitrogens with one attached hydrogen (secondary N) is 1. The van der Waals surface area contributed by atoms with Crippen LogP contribution in [-0.4, -0.2) is 46.0 Å². The molecule has 0 unspecified atom stereocenters. The predicted molar refractivity (Wildman–Crippen MR) is 134 cm³/mol. The molecule has 2 aromatic heterocycles. The Hall–Kier alpha value is -3.00. The summed E-state index contributed by atoms with van der Waals surface area (Å²) in [5, 5.41) is 7.33. The highest BCUT2D eigenvalue weighted by molar-refractivity contribution is 7.13. The lowest BCUT2D eigenvalue weighted by Gasteiger charge is -2.32. The molecular formula is C27H32N4O3S. The summed E-state index contributed by atoms with van der Waals surface area (Å²) in [6.45, 7) is 3.37. The fourth-order valence-corrected chi connectivity index (χ4v) is 6.16. The molecule has 2 fully saturated rings. The molecule has 184 valence electrons. The topological polar surface area (TPSA) is 88.3 Å². The zero-order valence-electron chi connectivity index (χ0n) is 20.1. The van der Waals surface area contributed by atoms with E-state index in [1.165, 1.54) is 11.3 Å². The minimum atomic E-state index is -0.285. The summed E-state index contributed by atoms with van der Waals surface area (Å²) in [7, 11) is 0. The number of thiophene rings is 1. The van der Waals surface area contributed by atoms with Crippen LogP contribution in [0.3, 0.4) is 0 Å². The van der Waals surface area contributed by atoms with Gasteiger partial charge in [0.1, 0.15) is 0 Å². The van der Waals surface area contributed by atoms with E-state index in [1.807, 2.05) is 54.3 Å². The van der Waals surface area contributed by atoms with Crippen molar-refractivity contribution in [1.82, 2.24) is 20.4 Å². The van der Waals surface area contributed by atoms with E-state index in [2.05, 4.69) is 15.5 Å². The van der Waals surface area contributed by atoms with Gasteiger partial charge in [0.05, 0.1) is 10.8 Å². The number of aryl methyl sites for hydroxylation is 1. The van der Waals surface area contributed by atoms with Crippen LogP contribution in [0.2, 0.25) is 0 Å². The van der Waals surface area contributed by atoms with Crippen LogP contribution >= 0.6 is 11.3 Å². The molecule has 5 rings (SSSR count). The van der Waals surface area contributed by atoms with Crippen molar-refractivity contribution >= 4 is 23.2 Å². The Morgan fingerprint density at radius 1 is 1.11 bits per heavy atom. The lowest BCUT2D eigenvalue weighted by Crippen LogP contribution is -2.47. The van der Waals surface area contributed by atoms with Crippen molar-refractivity contribution in [3.63, 3.8) is 0 Å². The molecule has 0 radical (unpaired) electrons. The Bertz CT molecular complexity index is 1160. The Kier molecular flexibility index (Phi) is 7.27. The highest BCUT2D eigenvalue weighted by Crippen LogP contribution is 2.41. The monoisotopic (exact) mass is 492 g/mol. The molecule has 35 heavy (non-hydrogen) atoms. The van der Waals surface area contributed by atoms with Crippen LogP contribution in [-0.2, 0) is 11.2 Å². The number of hydrogen-bond acceptors (Lipinski definition) is 6. The molecule has 3 aromatic rings. The highest BCUT2D eigenvalue weighted by atomic mass is 32.1. The molecule has 1 aliphatic carbocycles. The smallest absolute Gasteiger partial charge is 0.264 e. The second kappa shape index (κ2) is 10.7. The van der Waals surface area contributed by atoms with Gasteiger partial charge in [-0.15, -0.1) is 11.3 Å². The number of carbonyl (C=O) groups is 2. The molecule has 2 aliphatic rings. The summed E-state index contributed by atoms with van der Waals surface area (Å²) >= 11 is 1.52. The third-order valence-electron chi connectivity index (χ3n) is 7.14. The van der Waals surface area contributed by atoms with Gasteiger partial charge in [0, 0.05) is 36.3 Å². The van der Waals surface area contributed by atoms with Gasteiger partial charge in [-0.2, -0.15) is 4.98 Å². The summed E-state index contributed by atoms with van der Waals surface area (Å²) in [6.07, 6.45) is 5.89. The Morgan fingerprint density at radius 2 is 1.94 bits per heavy atom. The molecule has 1 saturated heterocycles.